The van der Waals surface area contributed by atoms with Crippen molar-refractivity contribution < 1.29 is 18.0 Å². The van der Waals surface area contributed by atoms with Gasteiger partial charge in [-0.25, -0.2) is 5.84 Å². The second-order valence-electron chi connectivity index (χ2n) is 6.24. The molecule has 0 atom stereocenters. The predicted octanol–water partition coefficient (Wildman–Crippen LogP) is 4.09. The number of nitrogen functional groups attached to an aromatic ring is 1. The minimum Gasteiger partial charge on any atom is -0.290 e. The quantitative estimate of drug-likeness (QED) is 0.380. The summed E-state index contributed by atoms with van der Waals surface area (Å²) in [6.07, 6.45) is -4.58. The lowest BCUT2D eigenvalue weighted by Crippen LogP contribution is -2.37. The van der Waals surface area contributed by atoms with Crippen LogP contribution in [0.3, 0.4) is 0 Å². The molecule has 0 bridgehead atoms. The number of nitrogens with one attached hydrogen (secondary N) is 1. The van der Waals surface area contributed by atoms with E-state index in [-0.39, 0.29) is 16.8 Å². The molecule has 0 aliphatic rings. The van der Waals surface area contributed by atoms with Crippen LogP contribution in [0, 0.1) is 6.92 Å². The zero-order chi connectivity index (χ0) is 21.3. The molecule has 29 heavy (non-hydrogen) atoms. The number of nitrogens with two attached hydrogens (primary N) is 1. The summed E-state index contributed by atoms with van der Waals surface area (Å²) in [6.45, 7) is 1.56. The van der Waals surface area contributed by atoms with E-state index in [4.69, 9.17) is 17.4 Å². The standard InChI is InChI=1S/C20H15ClF3N3O2/c1-11-9-16(12-5-7-14(21)8-6-12)17(18(28)26-25)19(29)27(11)15-4-2-3-13(10-15)20(22,23)24/h2-10H,25H2,1H3,(H,26,28). The number of hydrogen-bond donors (Lipinski definition) is 2. The normalized spacial score (nSPS) is 11.4. The highest BCUT2D eigenvalue weighted by Crippen LogP contribution is 2.31. The Kier molecular flexibility index (Phi) is 5.50. The summed E-state index contributed by atoms with van der Waals surface area (Å²) in [4.78, 5) is 25.5. The van der Waals surface area contributed by atoms with E-state index in [1.54, 1.807) is 31.2 Å². The molecule has 2 aromatic carbocycles. The molecule has 0 fully saturated rings. The Labute approximate surface area is 168 Å². The molecule has 1 aromatic heterocycles. The molecule has 9 heteroatoms. The largest absolute Gasteiger partial charge is 0.416 e. The monoisotopic (exact) mass is 421 g/mol. The lowest BCUT2D eigenvalue weighted by molar-refractivity contribution is -0.137. The topological polar surface area (TPSA) is 77.1 Å². The first-order valence-electron chi connectivity index (χ1n) is 8.34. The molecule has 3 aromatic rings. The summed E-state index contributed by atoms with van der Waals surface area (Å²) in [5, 5.41) is 0.465. The molecule has 1 amide bonds. The molecule has 1 heterocycles. The number of carbonyl (C=O) groups is 1. The highest BCUT2D eigenvalue weighted by molar-refractivity contribution is 6.30. The number of hydrazine groups is 1. The third-order valence-electron chi connectivity index (χ3n) is 4.34. The number of hydrogen-bond acceptors (Lipinski definition) is 3. The van der Waals surface area contributed by atoms with Gasteiger partial charge in [-0.2, -0.15) is 13.2 Å². The van der Waals surface area contributed by atoms with E-state index in [0.29, 0.717) is 16.3 Å². The van der Waals surface area contributed by atoms with Crippen molar-refractivity contribution in [3.05, 3.63) is 86.8 Å². The van der Waals surface area contributed by atoms with Gasteiger partial charge in [-0.05, 0) is 48.9 Å². The number of amides is 1. The fourth-order valence-electron chi connectivity index (χ4n) is 3.02. The second-order valence-corrected chi connectivity index (χ2v) is 6.68. The molecule has 0 saturated heterocycles. The highest BCUT2D eigenvalue weighted by Gasteiger charge is 2.31. The maximum atomic E-state index is 13.2. The predicted molar refractivity (Wildman–Crippen MR) is 104 cm³/mol. The Hall–Kier alpha value is -3.10. The number of aromatic nitrogens is 1. The molecule has 0 saturated carbocycles. The Balaban J connectivity index is 2.30. The third kappa shape index (κ3) is 4.03. The first-order chi connectivity index (χ1) is 13.6. The van der Waals surface area contributed by atoms with Crippen molar-refractivity contribution in [1.29, 1.82) is 0 Å². The fourth-order valence-corrected chi connectivity index (χ4v) is 3.15. The van der Waals surface area contributed by atoms with Crippen LogP contribution in [0.25, 0.3) is 16.8 Å². The fraction of sp³-hybridized carbons (Fsp3) is 0.100. The summed E-state index contributed by atoms with van der Waals surface area (Å²) >= 11 is 5.89. The lowest BCUT2D eigenvalue weighted by Gasteiger charge is -2.17. The number of aryl methyl sites for hydroxylation is 1. The summed E-state index contributed by atoms with van der Waals surface area (Å²) in [5.41, 5.74) is 1.06. The van der Waals surface area contributed by atoms with E-state index in [1.165, 1.54) is 18.2 Å². The van der Waals surface area contributed by atoms with Gasteiger partial charge in [-0.3, -0.25) is 19.6 Å². The Bertz CT molecular complexity index is 1140. The van der Waals surface area contributed by atoms with Crippen molar-refractivity contribution in [2.45, 2.75) is 13.1 Å². The molecule has 0 radical (unpaired) electrons. The van der Waals surface area contributed by atoms with Crippen LogP contribution in [0.4, 0.5) is 13.2 Å². The summed E-state index contributed by atoms with van der Waals surface area (Å²) < 4.78 is 40.3. The smallest absolute Gasteiger partial charge is 0.290 e. The van der Waals surface area contributed by atoms with E-state index >= 15 is 0 Å². The van der Waals surface area contributed by atoms with Gasteiger partial charge in [0.05, 0.1) is 5.56 Å². The molecule has 150 valence electrons. The van der Waals surface area contributed by atoms with Crippen molar-refractivity contribution in [3.8, 4) is 16.8 Å². The van der Waals surface area contributed by atoms with Crippen molar-refractivity contribution in [3.63, 3.8) is 0 Å². The molecule has 3 rings (SSSR count). The van der Waals surface area contributed by atoms with Gasteiger partial charge < -0.3 is 0 Å². The molecule has 0 aliphatic carbocycles. The van der Waals surface area contributed by atoms with Gasteiger partial charge in [0.2, 0.25) is 0 Å². The number of nitrogens with zero attached hydrogens (tertiary/aromatic N) is 1. The summed E-state index contributed by atoms with van der Waals surface area (Å²) in [5.74, 6) is 4.37. The van der Waals surface area contributed by atoms with E-state index in [9.17, 15) is 22.8 Å². The van der Waals surface area contributed by atoms with Crippen LogP contribution in [0.1, 0.15) is 21.6 Å². The maximum Gasteiger partial charge on any atom is 0.416 e. The minimum atomic E-state index is -4.58. The molecule has 3 N–H and O–H groups in total. The molecule has 0 aliphatic heterocycles. The van der Waals surface area contributed by atoms with Gasteiger partial charge in [0, 0.05) is 22.0 Å². The second kappa shape index (κ2) is 7.73. The van der Waals surface area contributed by atoms with Crippen molar-refractivity contribution >= 4 is 17.5 Å². The number of halogens is 4. The first kappa shape index (κ1) is 20.6. The Morgan fingerprint density at radius 3 is 2.34 bits per heavy atom. The van der Waals surface area contributed by atoms with Crippen molar-refractivity contribution in [2.24, 2.45) is 5.84 Å². The number of alkyl halides is 3. The number of carbonyl (C=O) groups excluding carboxylic acids is 1. The Morgan fingerprint density at radius 2 is 1.76 bits per heavy atom. The van der Waals surface area contributed by atoms with Crippen LogP contribution < -0.4 is 16.8 Å². The van der Waals surface area contributed by atoms with Crippen LogP contribution in [0.15, 0.2) is 59.4 Å². The van der Waals surface area contributed by atoms with Gasteiger partial charge in [-0.1, -0.05) is 29.8 Å². The lowest BCUT2D eigenvalue weighted by atomic mass is 9.99. The number of rotatable bonds is 3. The van der Waals surface area contributed by atoms with Crippen LogP contribution in [0.5, 0.6) is 0 Å². The van der Waals surface area contributed by atoms with Gasteiger partial charge in [0.25, 0.3) is 11.5 Å². The van der Waals surface area contributed by atoms with E-state index in [2.05, 4.69) is 0 Å². The molecule has 5 nitrogen and oxygen atoms in total. The van der Waals surface area contributed by atoms with Gasteiger partial charge >= 0.3 is 6.18 Å². The zero-order valence-corrected chi connectivity index (χ0v) is 15.8. The SMILES string of the molecule is Cc1cc(-c2ccc(Cl)cc2)c(C(=O)NN)c(=O)n1-c1cccc(C(F)(F)F)c1. The van der Waals surface area contributed by atoms with Gasteiger partial charge in [0.15, 0.2) is 0 Å². The van der Waals surface area contributed by atoms with Crippen LogP contribution in [-0.4, -0.2) is 10.5 Å². The average molecular weight is 422 g/mol. The van der Waals surface area contributed by atoms with E-state index in [1.807, 2.05) is 5.43 Å². The number of benzene rings is 2. The van der Waals surface area contributed by atoms with Crippen LogP contribution in [0.2, 0.25) is 5.02 Å². The van der Waals surface area contributed by atoms with E-state index in [0.717, 1.165) is 16.7 Å². The van der Waals surface area contributed by atoms with Gasteiger partial charge in [0.1, 0.15) is 5.56 Å². The van der Waals surface area contributed by atoms with Gasteiger partial charge in [-0.15, -0.1) is 0 Å². The Morgan fingerprint density at radius 1 is 1.10 bits per heavy atom. The molecule has 0 spiro atoms. The van der Waals surface area contributed by atoms with E-state index < -0.39 is 23.2 Å². The molecular formula is C20H15ClF3N3O2. The summed E-state index contributed by atoms with van der Waals surface area (Å²) in [6, 6.07) is 12.3. The minimum absolute atomic E-state index is 0.0175. The third-order valence-corrected chi connectivity index (χ3v) is 4.59. The summed E-state index contributed by atoms with van der Waals surface area (Å²) in [7, 11) is 0. The molecule has 0 unspecified atom stereocenters. The highest BCUT2D eigenvalue weighted by atomic mass is 35.5. The average Bonchev–Trinajstić information content (AvgIpc) is 2.67. The number of pyridine rings is 1. The molecular weight excluding hydrogens is 407 g/mol. The first-order valence-corrected chi connectivity index (χ1v) is 8.72. The van der Waals surface area contributed by atoms with Crippen molar-refractivity contribution in [1.82, 2.24) is 9.99 Å². The van der Waals surface area contributed by atoms with Crippen LogP contribution >= 0.6 is 11.6 Å². The zero-order valence-electron chi connectivity index (χ0n) is 15.0. The van der Waals surface area contributed by atoms with Crippen LogP contribution in [-0.2, 0) is 6.18 Å². The van der Waals surface area contributed by atoms with Crippen molar-refractivity contribution in [2.75, 3.05) is 0 Å². The maximum absolute atomic E-state index is 13.2.